The van der Waals surface area contributed by atoms with Crippen molar-refractivity contribution in [1.82, 2.24) is 9.97 Å². The molecule has 15 heavy (non-hydrogen) atoms. The van der Waals surface area contributed by atoms with Gasteiger partial charge in [0.1, 0.15) is 5.65 Å². The molecule has 0 fully saturated rings. The minimum absolute atomic E-state index is 0.927. The summed E-state index contributed by atoms with van der Waals surface area (Å²) in [4.78, 5) is 7.43. The maximum Gasteiger partial charge on any atom is 0.137 e. The zero-order valence-corrected chi connectivity index (χ0v) is 10.2. The van der Waals surface area contributed by atoms with Gasteiger partial charge in [-0.25, -0.2) is 4.98 Å². The SMILES string of the molecule is CCC(=Cc1c[nH]c2ncccc12)CBr. The number of hydrogen-bond donors (Lipinski definition) is 1. The monoisotopic (exact) mass is 264 g/mol. The van der Waals surface area contributed by atoms with E-state index in [4.69, 9.17) is 0 Å². The summed E-state index contributed by atoms with van der Waals surface area (Å²) in [6, 6.07) is 4.06. The molecule has 0 bridgehead atoms. The van der Waals surface area contributed by atoms with Crippen molar-refractivity contribution < 1.29 is 0 Å². The lowest BCUT2D eigenvalue weighted by Crippen LogP contribution is -1.81. The summed E-state index contributed by atoms with van der Waals surface area (Å²) in [5, 5.41) is 2.11. The number of alkyl halides is 1. The first-order valence-electron chi connectivity index (χ1n) is 5.02. The number of nitrogens with zero attached hydrogens (tertiary/aromatic N) is 1. The van der Waals surface area contributed by atoms with Gasteiger partial charge in [-0.2, -0.15) is 0 Å². The second-order valence-electron chi connectivity index (χ2n) is 3.43. The molecule has 0 spiro atoms. The summed E-state index contributed by atoms with van der Waals surface area (Å²) in [5.41, 5.74) is 3.56. The minimum Gasteiger partial charge on any atom is -0.346 e. The molecular weight excluding hydrogens is 252 g/mol. The Kier molecular flexibility index (Phi) is 3.21. The van der Waals surface area contributed by atoms with Crippen LogP contribution in [0.4, 0.5) is 0 Å². The third kappa shape index (κ3) is 2.12. The molecule has 2 heterocycles. The Hall–Kier alpha value is -1.09. The average Bonchev–Trinajstić information content (AvgIpc) is 2.69. The lowest BCUT2D eigenvalue weighted by Gasteiger charge is -1.97. The van der Waals surface area contributed by atoms with Crippen LogP contribution in [0.5, 0.6) is 0 Å². The molecule has 0 aliphatic carbocycles. The number of aromatic amines is 1. The van der Waals surface area contributed by atoms with E-state index in [0.29, 0.717) is 0 Å². The van der Waals surface area contributed by atoms with Crippen LogP contribution >= 0.6 is 15.9 Å². The highest BCUT2D eigenvalue weighted by Gasteiger charge is 2.01. The van der Waals surface area contributed by atoms with E-state index in [-0.39, 0.29) is 0 Å². The van der Waals surface area contributed by atoms with Crippen molar-refractivity contribution in [2.75, 3.05) is 5.33 Å². The van der Waals surface area contributed by atoms with Gasteiger partial charge in [0.25, 0.3) is 0 Å². The topological polar surface area (TPSA) is 28.7 Å². The Balaban J connectivity index is 2.48. The summed E-state index contributed by atoms with van der Waals surface area (Å²) < 4.78 is 0. The minimum atomic E-state index is 0.927. The fourth-order valence-corrected chi connectivity index (χ4v) is 2.11. The van der Waals surface area contributed by atoms with Crippen LogP contribution in [0, 0.1) is 0 Å². The van der Waals surface area contributed by atoms with Crippen LogP contribution in [0.25, 0.3) is 17.1 Å². The molecule has 78 valence electrons. The van der Waals surface area contributed by atoms with Crippen LogP contribution in [-0.4, -0.2) is 15.3 Å². The normalized spacial score (nSPS) is 12.3. The summed E-state index contributed by atoms with van der Waals surface area (Å²) in [5.74, 6) is 0. The summed E-state index contributed by atoms with van der Waals surface area (Å²) in [6.07, 6.45) is 7.10. The Morgan fingerprint density at radius 2 is 2.47 bits per heavy atom. The molecule has 1 N–H and O–H groups in total. The van der Waals surface area contributed by atoms with E-state index >= 15 is 0 Å². The highest BCUT2D eigenvalue weighted by Crippen LogP contribution is 2.20. The van der Waals surface area contributed by atoms with Crippen LogP contribution in [-0.2, 0) is 0 Å². The number of nitrogens with one attached hydrogen (secondary N) is 1. The Bertz CT molecular complexity index is 479. The number of H-pyrrole nitrogens is 1. The van der Waals surface area contributed by atoms with Crippen molar-refractivity contribution in [1.29, 1.82) is 0 Å². The predicted octanol–water partition coefficient (Wildman–Crippen LogP) is 3.75. The first-order chi connectivity index (χ1) is 7.35. The van der Waals surface area contributed by atoms with Gasteiger partial charge in [0, 0.05) is 28.7 Å². The lowest BCUT2D eigenvalue weighted by atomic mass is 10.1. The largest absolute Gasteiger partial charge is 0.346 e. The van der Waals surface area contributed by atoms with Gasteiger partial charge in [0.15, 0.2) is 0 Å². The second-order valence-corrected chi connectivity index (χ2v) is 3.99. The molecular formula is C12H13BrN2. The van der Waals surface area contributed by atoms with Crippen LogP contribution in [0.1, 0.15) is 18.9 Å². The molecule has 0 aliphatic rings. The van der Waals surface area contributed by atoms with Crippen LogP contribution in [0.3, 0.4) is 0 Å². The molecule has 2 rings (SSSR count). The highest BCUT2D eigenvalue weighted by atomic mass is 79.9. The molecule has 2 nitrogen and oxygen atoms in total. The molecule has 0 aromatic carbocycles. The maximum atomic E-state index is 4.26. The zero-order chi connectivity index (χ0) is 10.7. The third-order valence-electron chi connectivity index (χ3n) is 2.47. The van der Waals surface area contributed by atoms with Crippen LogP contribution in [0.15, 0.2) is 30.1 Å². The number of halogens is 1. The van der Waals surface area contributed by atoms with Gasteiger partial charge in [-0.15, -0.1) is 0 Å². The fraction of sp³-hybridized carbons (Fsp3) is 0.250. The van der Waals surface area contributed by atoms with Gasteiger partial charge < -0.3 is 4.98 Å². The number of fused-ring (bicyclic) bond motifs is 1. The van der Waals surface area contributed by atoms with Crippen molar-refractivity contribution in [2.24, 2.45) is 0 Å². The van der Waals surface area contributed by atoms with Crippen LogP contribution < -0.4 is 0 Å². The zero-order valence-electron chi connectivity index (χ0n) is 8.63. The first kappa shape index (κ1) is 10.4. The second kappa shape index (κ2) is 4.62. The standard InChI is InChI=1S/C12H13BrN2/c1-2-9(7-13)6-10-8-15-12-11(10)4-3-5-14-12/h3-6,8H,2,7H2,1H3,(H,14,15). The van der Waals surface area contributed by atoms with E-state index in [2.05, 4.69) is 45.0 Å². The van der Waals surface area contributed by atoms with E-state index in [1.807, 2.05) is 12.3 Å². The molecule has 0 atom stereocenters. The Labute approximate surface area is 97.5 Å². The van der Waals surface area contributed by atoms with Gasteiger partial charge in [-0.3, -0.25) is 0 Å². The number of allylic oxidation sites excluding steroid dienone is 1. The molecule has 0 radical (unpaired) electrons. The highest BCUT2D eigenvalue weighted by molar-refractivity contribution is 9.09. The molecule has 0 saturated carbocycles. The van der Waals surface area contributed by atoms with Gasteiger partial charge >= 0.3 is 0 Å². The molecule has 2 aromatic heterocycles. The molecule has 3 heteroatoms. The predicted molar refractivity (Wildman–Crippen MR) is 68.2 cm³/mol. The van der Waals surface area contributed by atoms with E-state index in [1.54, 1.807) is 6.20 Å². The lowest BCUT2D eigenvalue weighted by molar-refractivity contribution is 1.12. The van der Waals surface area contributed by atoms with Gasteiger partial charge in [-0.1, -0.05) is 34.5 Å². The van der Waals surface area contributed by atoms with E-state index in [1.165, 1.54) is 16.5 Å². The Morgan fingerprint density at radius 3 is 3.20 bits per heavy atom. The molecule has 0 unspecified atom stereocenters. The number of rotatable bonds is 3. The van der Waals surface area contributed by atoms with Gasteiger partial charge in [0.2, 0.25) is 0 Å². The average molecular weight is 265 g/mol. The molecule has 0 aliphatic heterocycles. The van der Waals surface area contributed by atoms with Crippen molar-refractivity contribution in [2.45, 2.75) is 13.3 Å². The van der Waals surface area contributed by atoms with Crippen LogP contribution in [0.2, 0.25) is 0 Å². The Morgan fingerprint density at radius 1 is 1.60 bits per heavy atom. The third-order valence-corrected chi connectivity index (χ3v) is 3.19. The van der Waals surface area contributed by atoms with Crippen molar-refractivity contribution >= 4 is 33.0 Å². The smallest absolute Gasteiger partial charge is 0.137 e. The van der Waals surface area contributed by atoms with E-state index in [9.17, 15) is 0 Å². The molecule has 0 saturated heterocycles. The first-order valence-corrected chi connectivity index (χ1v) is 6.14. The van der Waals surface area contributed by atoms with Crippen molar-refractivity contribution in [3.05, 3.63) is 35.7 Å². The number of pyridine rings is 1. The maximum absolute atomic E-state index is 4.26. The van der Waals surface area contributed by atoms with E-state index < -0.39 is 0 Å². The van der Waals surface area contributed by atoms with Crippen molar-refractivity contribution in [3.8, 4) is 0 Å². The molecule has 0 amide bonds. The summed E-state index contributed by atoms with van der Waals surface area (Å²) in [7, 11) is 0. The van der Waals surface area contributed by atoms with Gasteiger partial charge in [-0.05, 0) is 18.6 Å². The fourth-order valence-electron chi connectivity index (χ4n) is 1.55. The van der Waals surface area contributed by atoms with Crippen molar-refractivity contribution in [3.63, 3.8) is 0 Å². The summed E-state index contributed by atoms with van der Waals surface area (Å²) in [6.45, 7) is 2.17. The number of hydrogen-bond acceptors (Lipinski definition) is 1. The van der Waals surface area contributed by atoms with E-state index in [0.717, 1.165) is 17.4 Å². The quantitative estimate of drug-likeness (QED) is 0.841. The molecule has 2 aromatic rings. The number of aromatic nitrogens is 2. The van der Waals surface area contributed by atoms with Gasteiger partial charge in [0.05, 0.1) is 0 Å². The summed E-state index contributed by atoms with van der Waals surface area (Å²) >= 11 is 3.49.